The van der Waals surface area contributed by atoms with Crippen LogP contribution in [0.3, 0.4) is 0 Å². The summed E-state index contributed by atoms with van der Waals surface area (Å²) in [5.74, 6) is 0. The summed E-state index contributed by atoms with van der Waals surface area (Å²) in [6.07, 6.45) is 0.868. The van der Waals surface area contributed by atoms with Gasteiger partial charge in [-0.05, 0) is 55.4 Å². The van der Waals surface area contributed by atoms with E-state index in [2.05, 4.69) is 28.8 Å². The van der Waals surface area contributed by atoms with Gasteiger partial charge in [-0.15, -0.1) is 15.3 Å². The lowest BCUT2D eigenvalue weighted by Gasteiger charge is -1.93. The van der Waals surface area contributed by atoms with Crippen molar-refractivity contribution >= 4 is 41.4 Å². The molecular weight excluding hydrogens is 356 g/mol. The maximum atomic E-state index is 8.54. The molecule has 0 saturated heterocycles. The van der Waals surface area contributed by atoms with E-state index in [4.69, 9.17) is 9.90 Å². The van der Waals surface area contributed by atoms with Crippen LogP contribution in [0.1, 0.15) is 31.7 Å². The molecular formula is C12H16N6O2S3. The second kappa shape index (κ2) is 10.2. The van der Waals surface area contributed by atoms with Crippen LogP contribution in [0, 0.1) is 20.8 Å². The zero-order chi connectivity index (χ0) is 17.2. The van der Waals surface area contributed by atoms with Crippen LogP contribution >= 0.6 is 34.6 Å². The van der Waals surface area contributed by atoms with Crippen LogP contribution in [0.4, 0.5) is 0 Å². The molecule has 3 heterocycles. The Morgan fingerprint density at radius 1 is 0.783 bits per heavy atom. The maximum Gasteiger partial charge on any atom is 0.106 e. The summed E-state index contributed by atoms with van der Waals surface area (Å²) in [7, 11) is 0. The van der Waals surface area contributed by atoms with Crippen LogP contribution in [0.25, 0.3) is 0 Å². The van der Waals surface area contributed by atoms with Crippen LogP contribution in [0.15, 0.2) is 0 Å². The monoisotopic (exact) mass is 372 g/mol. The van der Waals surface area contributed by atoms with Gasteiger partial charge in [0.2, 0.25) is 0 Å². The van der Waals surface area contributed by atoms with Crippen molar-refractivity contribution in [2.75, 3.05) is 0 Å². The predicted octanol–water partition coefficient (Wildman–Crippen LogP) is 1.75. The second-order valence-corrected chi connectivity index (χ2v) is 6.70. The summed E-state index contributed by atoms with van der Waals surface area (Å²) in [5, 5.41) is 20.2. The van der Waals surface area contributed by atoms with Gasteiger partial charge in [-0.3, -0.25) is 0 Å². The SMILES string of the molecule is C=O.Cc1nnsc1CO.Cc1nnsc1Cc1snnc1C. The highest BCUT2D eigenvalue weighted by Gasteiger charge is 2.08. The maximum absolute atomic E-state index is 8.54. The summed E-state index contributed by atoms with van der Waals surface area (Å²) in [4.78, 5) is 11.3. The molecule has 3 aromatic rings. The second-order valence-electron chi connectivity index (χ2n) is 4.18. The molecule has 0 aliphatic heterocycles. The van der Waals surface area contributed by atoms with Crippen LogP contribution < -0.4 is 0 Å². The van der Waals surface area contributed by atoms with E-state index in [0.717, 1.165) is 28.4 Å². The van der Waals surface area contributed by atoms with E-state index in [1.165, 1.54) is 44.4 Å². The van der Waals surface area contributed by atoms with Crippen LogP contribution in [0.2, 0.25) is 0 Å². The minimum Gasteiger partial charge on any atom is -0.391 e. The van der Waals surface area contributed by atoms with E-state index in [9.17, 15) is 0 Å². The van der Waals surface area contributed by atoms with Crippen LogP contribution in [-0.4, -0.2) is 40.7 Å². The average molecular weight is 373 g/mol. The molecule has 8 nitrogen and oxygen atoms in total. The zero-order valence-corrected chi connectivity index (χ0v) is 15.3. The van der Waals surface area contributed by atoms with E-state index < -0.39 is 0 Å². The Morgan fingerprint density at radius 2 is 1.13 bits per heavy atom. The van der Waals surface area contributed by atoms with E-state index in [-0.39, 0.29) is 6.61 Å². The van der Waals surface area contributed by atoms with Crippen molar-refractivity contribution in [1.82, 2.24) is 28.8 Å². The van der Waals surface area contributed by atoms with Gasteiger partial charge in [-0.2, -0.15) is 0 Å². The third kappa shape index (κ3) is 5.78. The van der Waals surface area contributed by atoms with Gasteiger partial charge in [0.05, 0.1) is 38.3 Å². The molecule has 0 aliphatic rings. The number of rotatable bonds is 3. The molecule has 0 aliphatic carbocycles. The number of aryl methyl sites for hydroxylation is 3. The van der Waals surface area contributed by atoms with Gasteiger partial charge in [-0.25, -0.2) is 0 Å². The molecule has 0 bridgehead atoms. The molecule has 0 saturated carbocycles. The van der Waals surface area contributed by atoms with Crippen molar-refractivity contribution in [2.45, 2.75) is 33.8 Å². The summed E-state index contributed by atoms with van der Waals surface area (Å²) >= 11 is 4.13. The highest BCUT2D eigenvalue weighted by atomic mass is 32.1. The first-order valence-electron chi connectivity index (χ1n) is 6.35. The Bertz CT molecular complexity index is 673. The highest BCUT2D eigenvalue weighted by molar-refractivity contribution is 7.07. The van der Waals surface area contributed by atoms with E-state index in [1.54, 1.807) is 0 Å². The topological polar surface area (TPSA) is 115 Å². The number of carbonyl (C=O) groups excluding carboxylic acids is 1. The molecule has 23 heavy (non-hydrogen) atoms. The van der Waals surface area contributed by atoms with Gasteiger partial charge in [0.25, 0.3) is 0 Å². The van der Waals surface area contributed by atoms with Gasteiger partial charge in [0.15, 0.2) is 0 Å². The number of hydrogen-bond donors (Lipinski definition) is 1. The Labute approximate surface area is 145 Å². The molecule has 0 atom stereocenters. The fourth-order valence-electron chi connectivity index (χ4n) is 1.37. The summed E-state index contributed by atoms with van der Waals surface area (Å²) < 4.78 is 11.4. The molecule has 0 unspecified atom stereocenters. The largest absolute Gasteiger partial charge is 0.391 e. The first-order valence-corrected chi connectivity index (χ1v) is 8.67. The lowest BCUT2D eigenvalue weighted by molar-refractivity contribution is -0.0979. The number of aliphatic hydroxyl groups excluding tert-OH is 1. The number of aromatic nitrogens is 6. The highest BCUT2D eigenvalue weighted by Crippen LogP contribution is 2.19. The average Bonchev–Trinajstić information content (AvgIpc) is 3.27. The molecule has 0 amide bonds. The number of nitrogens with zero attached hydrogens (tertiary/aromatic N) is 6. The summed E-state index contributed by atoms with van der Waals surface area (Å²) in [6.45, 7) is 7.84. The fourth-order valence-corrected chi connectivity index (χ4v) is 3.24. The van der Waals surface area contributed by atoms with E-state index in [1.807, 2.05) is 27.6 Å². The van der Waals surface area contributed by atoms with Gasteiger partial charge in [-0.1, -0.05) is 13.5 Å². The van der Waals surface area contributed by atoms with Crippen molar-refractivity contribution in [2.24, 2.45) is 0 Å². The number of aliphatic hydroxyl groups is 1. The Balaban J connectivity index is 0.000000228. The quantitative estimate of drug-likeness (QED) is 0.739. The molecule has 0 radical (unpaired) electrons. The Morgan fingerprint density at radius 3 is 1.35 bits per heavy atom. The molecule has 124 valence electrons. The number of hydrogen-bond acceptors (Lipinski definition) is 11. The molecule has 0 aromatic carbocycles. The first-order chi connectivity index (χ1) is 11.1. The van der Waals surface area contributed by atoms with E-state index in [0.29, 0.717) is 0 Å². The van der Waals surface area contributed by atoms with Gasteiger partial charge in [0, 0.05) is 6.42 Å². The minimum atomic E-state index is 0.0590. The standard InChI is InChI=1S/C7H8N4S2.C4H6N2OS.CH2O/c1-4-6(12-10-8-4)3-7-5(2)9-11-13-7;1-3-4(2-7)8-6-5-3;1-2/h3H2,1-2H3;7H,2H2,1H3;1H2. The third-order valence-electron chi connectivity index (χ3n) is 2.70. The van der Waals surface area contributed by atoms with Gasteiger partial charge >= 0.3 is 0 Å². The fraction of sp³-hybridized carbons (Fsp3) is 0.417. The molecule has 0 spiro atoms. The lowest BCUT2D eigenvalue weighted by Crippen LogP contribution is -1.87. The van der Waals surface area contributed by atoms with Crippen molar-refractivity contribution in [3.8, 4) is 0 Å². The zero-order valence-electron chi connectivity index (χ0n) is 12.9. The third-order valence-corrected chi connectivity index (χ3v) is 5.16. The van der Waals surface area contributed by atoms with Crippen molar-refractivity contribution in [1.29, 1.82) is 0 Å². The molecule has 3 rings (SSSR count). The summed E-state index contributed by atoms with van der Waals surface area (Å²) in [6, 6.07) is 0. The molecule has 0 fully saturated rings. The molecule has 11 heteroatoms. The number of carbonyl (C=O) groups is 1. The van der Waals surface area contributed by atoms with Crippen LogP contribution in [-0.2, 0) is 17.8 Å². The molecule has 1 N–H and O–H groups in total. The minimum absolute atomic E-state index is 0.0590. The van der Waals surface area contributed by atoms with E-state index >= 15 is 0 Å². The smallest absolute Gasteiger partial charge is 0.106 e. The lowest BCUT2D eigenvalue weighted by atomic mass is 10.2. The normalized spacial score (nSPS) is 9.57. The summed E-state index contributed by atoms with van der Waals surface area (Å²) in [5.41, 5.74) is 2.85. The Hall–Kier alpha value is -1.69. The molecule has 3 aromatic heterocycles. The van der Waals surface area contributed by atoms with Crippen molar-refractivity contribution in [3.63, 3.8) is 0 Å². The van der Waals surface area contributed by atoms with Crippen molar-refractivity contribution in [3.05, 3.63) is 31.7 Å². The van der Waals surface area contributed by atoms with Gasteiger partial charge in [0.1, 0.15) is 6.79 Å². The van der Waals surface area contributed by atoms with Crippen LogP contribution in [0.5, 0.6) is 0 Å². The first kappa shape index (κ1) is 19.4. The predicted molar refractivity (Wildman–Crippen MR) is 89.8 cm³/mol. The van der Waals surface area contributed by atoms with Gasteiger partial charge < -0.3 is 9.90 Å². The Kier molecular flexibility index (Phi) is 8.55. The van der Waals surface area contributed by atoms with Crippen molar-refractivity contribution < 1.29 is 9.90 Å².